The molecule has 3 aromatic rings. The number of hydrogen-bond acceptors (Lipinski definition) is 2. The molecule has 1 aromatic heterocycles. The predicted molar refractivity (Wildman–Crippen MR) is 94.6 cm³/mol. The molecule has 0 radical (unpaired) electrons. The van der Waals surface area contributed by atoms with Crippen LogP contribution in [0.15, 0.2) is 59.0 Å². The van der Waals surface area contributed by atoms with Gasteiger partial charge in [0.2, 0.25) is 5.36 Å². The summed E-state index contributed by atoms with van der Waals surface area (Å²) in [7, 11) is 0. The Kier molecular flexibility index (Phi) is 4.37. The van der Waals surface area contributed by atoms with Gasteiger partial charge in [-0.25, -0.2) is 4.99 Å². The van der Waals surface area contributed by atoms with Crippen molar-refractivity contribution >= 4 is 22.6 Å². The molecule has 1 aliphatic heterocycles. The summed E-state index contributed by atoms with van der Waals surface area (Å²) in [6.07, 6.45) is 2.52. The molecule has 0 saturated carbocycles. The van der Waals surface area contributed by atoms with Gasteiger partial charge in [-0.3, -0.25) is 0 Å². The van der Waals surface area contributed by atoms with Crippen LogP contribution in [0.3, 0.4) is 0 Å². The summed E-state index contributed by atoms with van der Waals surface area (Å²) in [5.41, 5.74) is 1.87. The number of hydrogen-bond donors (Lipinski definition) is 1. The lowest BCUT2D eigenvalue weighted by Gasteiger charge is -2.04. The zero-order chi connectivity index (χ0) is 16.4. The SMILES string of the molecule is Clc1ccc2oc(-c3ccccc3)cc(=[NH+]CC3CCCO3)c2c1. The van der Waals surface area contributed by atoms with Crippen LogP contribution in [-0.4, -0.2) is 19.3 Å². The van der Waals surface area contributed by atoms with Gasteiger partial charge in [-0.2, -0.15) is 0 Å². The van der Waals surface area contributed by atoms with Crippen molar-refractivity contribution in [1.82, 2.24) is 0 Å². The van der Waals surface area contributed by atoms with Crippen LogP contribution in [0.4, 0.5) is 0 Å². The Morgan fingerprint density at radius 3 is 2.75 bits per heavy atom. The molecule has 122 valence electrons. The van der Waals surface area contributed by atoms with Crippen molar-refractivity contribution in [3.05, 3.63) is 65.0 Å². The fraction of sp³-hybridized carbons (Fsp3) is 0.250. The molecule has 2 aromatic carbocycles. The van der Waals surface area contributed by atoms with E-state index >= 15 is 0 Å². The van der Waals surface area contributed by atoms with Crippen LogP contribution in [0.25, 0.3) is 22.3 Å². The summed E-state index contributed by atoms with van der Waals surface area (Å²) >= 11 is 6.18. The zero-order valence-corrected chi connectivity index (χ0v) is 14.1. The van der Waals surface area contributed by atoms with E-state index in [0.717, 1.165) is 53.6 Å². The predicted octanol–water partition coefficient (Wildman–Crippen LogP) is 2.91. The van der Waals surface area contributed by atoms with E-state index in [9.17, 15) is 0 Å². The first-order chi connectivity index (χ1) is 11.8. The van der Waals surface area contributed by atoms with Crippen molar-refractivity contribution in [2.75, 3.05) is 13.2 Å². The van der Waals surface area contributed by atoms with Crippen LogP contribution >= 0.6 is 11.6 Å². The molecule has 0 spiro atoms. The van der Waals surface area contributed by atoms with E-state index in [4.69, 9.17) is 20.8 Å². The van der Waals surface area contributed by atoms with Crippen molar-refractivity contribution in [1.29, 1.82) is 0 Å². The largest absolute Gasteiger partial charge is 0.456 e. The molecule has 4 heteroatoms. The van der Waals surface area contributed by atoms with Crippen LogP contribution in [0.2, 0.25) is 5.02 Å². The van der Waals surface area contributed by atoms with E-state index in [1.165, 1.54) is 0 Å². The Labute approximate surface area is 145 Å². The molecule has 2 heterocycles. The first-order valence-corrected chi connectivity index (χ1v) is 8.65. The maximum atomic E-state index is 6.18. The van der Waals surface area contributed by atoms with E-state index in [2.05, 4.69) is 4.99 Å². The Hall–Kier alpha value is -2.10. The summed E-state index contributed by atoms with van der Waals surface area (Å²) in [6.45, 7) is 1.65. The van der Waals surface area contributed by atoms with Crippen molar-refractivity contribution in [2.24, 2.45) is 0 Å². The Bertz CT molecular complexity index is 912. The maximum absolute atomic E-state index is 6.18. The molecule has 1 N–H and O–H groups in total. The van der Waals surface area contributed by atoms with Gasteiger partial charge in [0.1, 0.15) is 17.4 Å². The molecule has 0 aliphatic carbocycles. The summed E-state index contributed by atoms with van der Waals surface area (Å²) in [5.74, 6) is 0.834. The molecule has 1 atom stereocenters. The molecule has 1 saturated heterocycles. The maximum Gasteiger partial charge on any atom is 0.213 e. The van der Waals surface area contributed by atoms with E-state index in [1.807, 2.05) is 54.6 Å². The van der Waals surface area contributed by atoms with Crippen LogP contribution in [0.1, 0.15) is 12.8 Å². The fourth-order valence-electron chi connectivity index (χ4n) is 3.08. The monoisotopic (exact) mass is 340 g/mol. The minimum absolute atomic E-state index is 0.275. The molecule has 0 amide bonds. The number of rotatable bonds is 3. The van der Waals surface area contributed by atoms with Crippen LogP contribution < -0.4 is 10.3 Å². The van der Waals surface area contributed by atoms with Crippen molar-refractivity contribution < 1.29 is 14.1 Å². The summed E-state index contributed by atoms with van der Waals surface area (Å²) in [6, 6.07) is 17.9. The second-order valence-electron chi connectivity index (χ2n) is 6.05. The van der Waals surface area contributed by atoms with Crippen LogP contribution in [0, 0.1) is 0 Å². The highest BCUT2D eigenvalue weighted by atomic mass is 35.5. The van der Waals surface area contributed by atoms with Gasteiger partial charge in [0.15, 0.2) is 6.54 Å². The third kappa shape index (κ3) is 3.23. The molecule has 1 fully saturated rings. The summed E-state index contributed by atoms with van der Waals surface area (Å²) in [4.78, 5) is 3.52. The topological polar surface area (TPSA) is 36.3 Å². The highest BCUT2D eigenvalue weighted by Crippen LogP contribution is 2.23. The average Bonchev–Trinajstić information content (AvgIpc) is 3.14. The number of fused-ring (bicyclic) bond motifs is 1. The first kappa shape index (κ1) is 15.4. The Balaban J connectivity index is 1.85. The molecule has 4 rings (SSSR count). The molecular weight excluding hydrogens is 322 g/mol. The molecule has 1 aliphatic rings. The molecule has 1 unspecified atom stereocenters. The van der Waals surface area contributed by atoms with Crippen LogP contribution in [-0.2, 0) is 4.74 Å². The fourth-order valence-corrected chi connectivity index (χ4v) is 3.25. The van der Waals surface area contributed by atoms with Crippen LogP contribution in [0.5, 0.6) is 0 Å². The van der Waals surface area contributed by atoms with Gasteiger partial charge < -0.3 is 9.15 Å². The Morgan fingerprint density at radius 1 is 1.08 bits per heavy atom. The third-order valence-corrected chi connectivity index (χ3v) is 4.56. The standard InChI is InChI=1S/C20H18ClNO2/c21-15-8-9-19-17(11-15)18(22-13-16-7-4-10-23-16)12-20(24-19)14-5-2-1-3-6-14/h1-3,5-6,8-9,11-12,16H,4,7,10,13H2/p+1. The molecule has 0 bridgehead atoms. The first-order valence-electron chi connectivity index (χ1n) is 8.27. The lowest BCUT2D eigenvalue weighted by molar-refractivity contribution is -0.509. The minimum atomic E-state index is 0.275. The lowest BCUT2D eigenvalue weighted by Crippen LogP contribution is -2.79. The van der Waals surface area contributed by atoms with Gasteiger partial charge in [-0.15, -0.1) is 0 Å². The highest BCUT2D eigenvalue weighted by molar-refractivity contribution is 6.31. The van der Waals surface area contributed by atoms with E-state index in [1.54, 1.807) is 0 Å². The van der Waals surface area contributed by atoms with Gasteiger partial charge in [-0.05, 0) is 31.0 Å². The third-order valence-electron chi connectivity index (χ3n) is 4.33. The quantitative estimate of drug-likeness (QED) is 0.796. The van der Waals surface area contributed by atoms with Gasteiger partial charge in [-0.1, -0.05) is 41.9 Å². The summed E-state index contributed by atoms with van der Waals surface area (Å²) < 4.78 is 11.8. The number of ether oxygens (including phenoxy) is 1. The lowest BCUT2D eigenvalue weighted by atomic mass is 10.1. The molecular formula is C20H19ClNO2+. The average molecular weight is 341 g/mol. The Morgan fingerprint density at radius 2 is 1.96 bits per heavy atom. The zero-order valence-electron chi connectivity index (χ0n) is 13.3. The summed E-state index contributed by atoms with van der Waals surface area (Å²) in [5, 5.41) is 2.71. The number of benzene rings is 2. The number of nitrogens with one attached hydrogen (secondary N) is 1. The van der Waals surface area contributed by atoms with E-state index < -0.39 is 0 Å². The van der Waals surface area contributed by atoms with Gasteiger partial charge in [0.25, 0.3) is 0 Å². The second-order valence-corrected chi connectivity index (χ2v) is 6.48. The van der Waals surface area contributed by atoms with Crippen molar-refractivity contribution in [2.45, 2.75) is 18.9 Å². The van der Waals surface area contributed by atoms with Gasteiger partial charge in [0.05, 0.1) is 11.5 Å². The van der Waals surface area contributed by atoms with Crippen molar-refractivity contribution in [3.8, 4) is 11.3 Å². The van der Waals surface area contributed by atoms with Gasteiger partial charge >= 0.3 is 0 Å². The van der Waals surface area contributed by atoms with E-state index in [0.29, 0.717) is 5.02 Å². The number of halogens is 1. The van der Waals surface area contributed by atoms with E-state index in [-0.39, 0.29) is 6.10 Å². The minimum Gasteiger partial charge on any atom is -0.456 e. The molecule has 3 nitrogen and oxygen atoms in total. The highest BCUT2D eigenvalue weighted by Gasteiger charge is 2.18. The van der Waals surface area contributed by atoms with Crippen molar-refractivity contribution in [3.63, 3.8) is 0 Å². The smallest absolute Gasteiger partial charge is 0.213 e. The normalized spacial score (nSPS) is 18.4. The van der Waals surface area contributed by atoms with Gasteiger partial charge in [0, 0.05) is 17.2 Å². The second kappa shape index (κ2) is 6.80. The molecule has 24 heavy (non-hydrogen) atoms.